The van der Waals surface area contributed by atoms with Crippen LogP contribution in [0.2, 0.25) is 0 Å². The number of ketones is 1. The number of hydrogen-bond acceptors (Lipinski definition) is 4. The van der Waals surface area contributed by atoms with Crippen LogP contribution in [-0.2, 0) is 9.59 Å². The molecule has 1 N–H and O–H groups in total. The lowest BCUT2D eigenvalue weighted by molar-refractivity contribution is -0.131. The summed E-state index contributed by atoms with van der Waals surface area (Å²) in [6.45, 7) is 12.3. The van der Waals surface area contributed by atoms with Gasteiger partial charge in [-0.1, -0.05) is 18.2 Å². The maximum absolute atomic E-state index is 13.0. The van der Waals surface area contributed by atoms with E-state index in [2.05, 4.69) is 24.1 Å². The second-order valence-electron chi connectivity index (χ2n) is 9.15. The SMILES string of the molecule is CCN(CC)C(=O)CCCN1CCC(NC(=O)C(=O)c2cn(C(C)C)c3ccccc23)CC1. The minimum Gasteiger partial charge on any atom is -0.346 e. The Morgan fingerprint density at radius 3 is 2.39 bits per heavy atom. The van der Waals surface area contributed by atoms with Crippen molar-refractivity contribution in [1.29, 1.82) is 0 Å². The highest BCUT2D eigenvalue weighted by molar-refractivity contribution is 6.45. The molecule has 180 valence electrons. The summed E-state index contributed by atoms with van der Waals surface area (Å²) < 4.78 is 2.04. The summed E-state index contributed by atoms with van der Waals surface area (Å²) in [7, 11) is 0. The van der Waals surface area contributed by atoms with Crippen molar-refractivity contribution >= 4 is 28.5 Å². The van der Waals surface area contributed by atoms with E-state index >= 15 is 0 Å². The molecule has 0 spiro atoms. The maximum Gasteiger partial charge on any atom is 0.292 e. The highest BCUT2D eigenvalue weighted by Gasteiger charge is 2.26. The van der Waals surface area contributed by atoms with Gasteiger partial charge >= 0.3 is 0 Å². The van der Waals surface area contributed by atoms with Gasteiger partial charge in [0.25, 0.3) is 11.7 Å². The number of para-hydroxylation sites is 1. The standard InChI is InChI=1S/C26H38N4O3/c1-5-29(6-2)24(31)12-9-15-28-16-13-20(14-17-28)27-26(33)25(32)22-18-30(19(3)4)23-11-8-7-10-21(22)23/h7-8,10-11,18-20H,5-6,9,12-17H2,1-4H3,(H,27,33). The Morgan fingerprint density at radius 2 is 1.76 bits per heavy atom. The molecule has 0 bridgehead atoms. The molecule has 0 radical (unpaired) electrons. The first-order chi connectivity index (χ1) is 15.8. The molecule has 0 aliphatic carbocycles. The molecule has 1 saturated heterocycles. The molecule has 1 aliphatic heterocycles. The van der Waals surface area contributed by atoms with Crippen LogP contribution in [0.25, 0.3) is 10.9 Å². The molecule has 1 aromatic heterocycles. The fourth-order valence-corrected chi connectivity index (χ4v) is 4.68. The van der Waals surface area contributed by atoms with Crippen molar-refractivity contribution in [2.24, 2.45) is 0 Å². The van der Waals surface area contributed by atoms with Gasteiger partial charge in [0, 0.05) is 61.8 Å². The van der Waals surface area contributed by atoms with Crippen LogP contribution in [0.4, 0.5) is 0 Å². The molecule has 0 atom stereocenters. The third kappa shape index (κ3) is 6.02. The zero-order valence-corrected chi connectivity index (χ0v) is 20.5. The molecule has 0 unspecified atom stereocenters. The summed E-state index contributed by atoms with van der Waals surface area (Å²) in [5.74, 6) is -0.771. The van der Waals surface area contributed by atoms with Gasteiger partial charge in [0.1, 0.15) is 0 Å². The molecule has 7 nitrogen and oxygen atoms in total. The number of benzene rings is 1. The molecule has 2 heterocycles. The Bertz CT molecular complexity index is 969. The summed E-state index contributed by atoms with van der Waals surface area (Å²) in [4.78, 5) is 42.1. The number of Topliss-reactive ketones (excluding diaryl/α,β-unsaturated/α-hetero) is 1. The summed E-state index contributed by atoms with van der Waals surface area (Å²) >= 11 is 0. The summed E-state index contributed by atoms with van der Waals surface area (Å²) in [6.07, 6.45) is 4.87. The molecular formula is C26H38N4O3. The predicted octanol–water partition coefficient (Wildman–Crippen LogP) is 3.63. The number of carbonyl (C=O) groups excluding carboxylic acids is 3. The number of piperidine rings is 1. The second-order valence-corrected chi connectivity index (χ2v) is 9.15. The molecule has 0 saturated carbocycles. The lowest BCUT2D eigenvalue weighted by Gasteiger charge is -2.32. The van der Waals surface area contributed by atoms with Gasteiger partial charge in [-0.25, -0.2) is 0 Å². The molecule has 1 fully saturated rings. The monoisotopic (exact) mass is 454 g/mol. The molecule has 1 aliphatic rings. The van der Waals surface area contributed by atoms with Gasteiger partial charge < -0.3 is 19.7 Å². The molecule has 2 amide bonds. The fraction of sp³-hybridized carbons (Fsp3) is 0.577. The summed E-state index contributed by atoms with van der Waals surface area (Å²) in [6, 6.07) is 7.93. The Balaban J connectivity index is 1.49. The van der Waals surface area contributed by atoms with Gasteiger partial charge in [-0.3, -0.25) is 14.4 Å². The van der Waals surface area contributed by atoms with E-state index in [-0.39, 0.29) is 18.0 Å². The summed E-state index contributed by atoms with van der Waals surface area (Å²) in [5, 5.41) is 3.78. The number of aromatic nitrogens is 1. The van der Waals surface area contributed by atoms with Crippen LogP contribution in [0, 0.1) is 0 Å². The number of nitrogens with one attached hydrogen (secondary N) is 1. The zero-order chi connectivity index (χ0) is 24.0. The van der Waals surface area contributed by atoms with Crippen molar-refractivity contribution in [2.75, 3.05) is 32.7 Å². The molecule has 3 rings (SSSR count). The van der Waals surface area contributed by atoms with E-state index in [1.807, 2.05) is 47.6 Å². The number of hydrogen-bond donors (Lipinski definition) is 1. The topological polar surface area (TPSA) is 74.7 Å². The van der Waals surface area contributed by atoms with Crippen LogP contribution >= 0.6 is 0 Å². The quantitative estimate of drug-likeness (QED) is 0.439. The first kappa shape index (κ1) is 25.0. The van der Waals surface area contributed by atoms with Crippen molar-refractivity contribution in [3.05, 3.63) is 36.0 Å². The van der Waals surface area contributed by atoms with E-state index in [1.54, 1.807) is 6.20 Å². The highest BCUT2D eigenvalue weighted by atomic mass is 16.2. The van der Waals surface area contributed by atoms with Crippen LogP contribution in [0.15, 0.2) is 30.5 Å². The Kier molecular flexibility index (Phi) is 8.67. The van der Waals surface area contributed by atoms with E-state index < -0.39 is 11.7 Å². The van der Waals surface area contributed by atoms with E-state index in [4.69, 9.17) is 0 Å². The van der Waals surface area contributed by atoms with Crippen molar-refractivity contribution in [3.63, 3.8) is 0 Å². The van der Waals surface area contributed by atoms with Gasteiger partial charge in [-0.05, 0) is 59.6 Å². The van der Waals surface area contributed by atoms with E-state index in [0.29, 0.717) is 12.0 Å². The molecule has 2 aromatic rings. The van der Waals surface area contributed by atoms with Crippen molar-refractivity contribution in [1.82, 2.24) is 19.7 Å². The van der Waals surface area contributed by atoms with E-state index in [0.717, 1.165) is 62.9 Å². The first-order valence-electron chi connectivity index (χ1n) is 12.3. The van der Waals surface area contributed by atoms with E-state index in [1.165, 1.54) is 0 Å². The van der Waals surface area contributed by atoms with Gasteiger partial charge in [0.2, 0.25) is 5.91 Å². The molecule has 7 heteroatoms. The van der Waals surface area contributed by atoms with Crippen molar-refractivity contribution in [3.8, 4) is 0 Å². The molecule has 1 aromatic carbocycles. The average Bonchev–Trinajstić information content (AvgIpc) is 3.20. The van der Waals surface area contributed by atoms with Crippen LogP contribution in [0.1, 0.15) is 69.8 Å². The van der Waals surface area contributed by atoms with Gasteiger partial charge in [-0.15, -0.1) is 0 Å². The van der Waals surface area contributed by atoms with Crippen molar-refractivity contribution < 1.29 is 14.4 Å². The van der Waals surface area contributed by atoms with Crippen LogP contribution < -0.4 is 5.32 Å². The van der Waals surface area contributed by atoms with Gasteiger partial charge in [0.05, 0.1) is 5.56 Å². The number of amides is 2. The van der Waals surface area contributed by atoms with Gasteiger partial charge in [0.15, 0.2) is 0 Å². The lowest BCUT2D eigenvalue weighted by atomic mass is 10.0. The Hall–Kier alpha value is -2.67. The molecule has 33 heavy (non-hydrogen) atoms. The van der Waals surface area contributed by atoms with E-state index in [9.17, 15) is 14.4 Å². The predicted molar refractivity (Wildman–Crippen MR) is 131 cm³/mol. The minimum absolute atomic E-state index is 0.00783. The second kappa shape index (κ2) is 11.5. The number of fused-ring (bicyclic) bond motifs is 1. The summed E-state index contributed by atoms with van der Waals surface area (Å²) in [5.41, 5.74) is 1.43. The van der Waals surface area contributed by atoms with Crippen LogP contribution in [0.5, 0.6) is 0 Å². The minimum atomic E-state index is -0.523. The smallest absolute Gasteiger partial charge is 0.292 e. The largest absolute Gasteiger partial charge is 0.346 e. The zero-order valence-electron chi connectivity index (χ0n) is 20.5. The molecular weight excluding hydrogens is 416 g/mol. The normalized spacial score (nSPS) is 15.2. The first-order valence-corrected chi connectivity index (χ1v) is 12.3. The third-order valence-corrected chi connectivity index (χ3v) is 6.65. The number of nitrogens with zero attached hydrogens (tertiary/aromatic N) is 3. The highest BCUT2D eigenvalue weighted by Crippen LogP contribution is 2.25. The Labute approximate surface area is 197 Å². The maximum atomic E-state index is 13.0. The van der Waals surface area contributed by atoms with Crippen LogP contribution in [0.3, 0.4) is 0 Å². The fourth-order valence-electron chi connectivity index (χ4n) is 4.68. The van der Waals surface area contributed by atoms with Crippen LogP contribution in [-0.4, -0.2) is 70.7 Å². The lowest BCUT2D eigenvalue weighted by Crippen LogP contribution is -2.46. The number of carbonyl (C=O) groups is 3. The Morgan fingerprint density at radius 1 is 1.09 bits per heavy atom. The number of likely N-dealkylation sites (tertiary alicyclic amines) is 1. The number of rotatable bonds is 10. The van der Waals surface area contributed by atoms with Gasteiger partial charge in [-0.2, -0.15) is 0 Å². The third-order valence-electron chi connectivity index (χ3n) is 6.65. The average molecular weight is 455 g/mol. The van der Waals surface area contributed by atoms with Crippen molar-refractivity contribution in [2.45, 2.75) is 65.5 Å².